The molecule has 1 saturated heterocycles. The third kappa shape index (κ3) is 2.76. The van der Waals surface area contributed by atoms with Crippen molar-refractivity contribution in [3.8, 4) is 0 Å². The van der Waals surface area contributed by atoms with Gasteiger partial charge in [0, 0.05) is 24.7 Å². The SMILES string of the molecule is CC1CCN(C(C)C)C[C@@H](C)N1. The first kappa shape index (κ1) is 10.0. The zero-order valence-electron chi connectivity index (χ0n) is 8.80. The van der Waals surface area contributed by atoms with Crippen LogP contribution >= 0.6 is 0 Å². The lowest BCUT2D eigenvalue weighted by Gasteiger charge is -2.26. The predicted molar refractivity (Wildman–Crippen MR) is 53.4 cm³/mol. The molecule has 1 heterocycles. The van der Waals surface area contributed by atoms with Crippen molar-refractivity contribution in [2.45, 2.75) is 52.2 Å². The van der Waals surface area contributed by atoms with Gasteiger partial charge >= 0.3 is 0 Å². The van der Waals surface area contributed by atoms with Crippen LogP contribution in [0.3, 0.4) is 0 Å². The summed E-state index contributed by atoms with van der Waals surface area (Å²) in [5.74, 6) is 0. The molecule has 1 rings (SSSR count). The molecule has 0 spiro atoms. The topological polar surface area (TPSA) is 15.3 Å². The van der Waals surface area contributed by atoms with Crippen LogP contribution in [-0.4, -0.2) is 36.1 Å². The van der Waals surface area contributed by atoms with Crippen LogP contribution in [-0.2, 0) is 0 Å². The minimum Gasteiger partial charge on any atom is -0.310 e. The van der Waals surface area contributed by atoms with Crippen LogP contribution in [0.5, 0.6) is 0 Å². The molecule has 1 aliphatic heterocycles. The Balaban J connectivity index is 2.46. The zero-order chi connectivity index (χ0) is 9.14. The van der Waals surface area contributed by atoms with E-state index < -0.39 is 0 Å². The Kier molecular flexibility index (Phi) is 3.53. The molecular formula is C10H22N2. The molecule has 1 fully saturated rings. The Labute approximate surface area is 76.3 Å². The molecule has 2 nitrogen and oxygen atoms in total. The summed E-state index contributed by atoms with van der Waals surface area (Å²) in [4.78, 5) is 2.56. The first-order valence-corrected chi connectivity index (χ1v) is 5.09. The van der Waals surface area contributed by atoms with Crippen LogP contribution in [0.15, 0.2) is 0 Å². The maximum absolute atomic E-state index is 3.58. The monoisotopic (exact) mass is 170 g/mol. The van der Waals surface area contributed by atoms with Gasteiger partial charge in [0.25, 0.3) is 0 Å². The Morgan fingerprint density at radius 2 is 1.92 bits per heavy atom. The quantitative estimate of drug-likeness (QED) is 0.641. The first-order valence-electron chi connectivity index (χ1n) is 5.09. The van der Waals surface area contributed by atoms with Crippen molar-refractivity contribution in [1.82, 2.24) is 10.2 Å². The van der Waals surface area contributed by atoms with E-state index in [1.807, 2.05) is 0 Å². The average molecular weight is 170 g/mol. The van der Waals surface area contributed by atoms with Crippen molar-refractivity contribution in [1.29, 1.82) is 0 Å². The summed E-state index contributed by atoms with van der Waals surface area (Å²) >= 11 is 0. The lowest BCUT2D eigenvalue weighted by atomic mass is 10.2. The Morgan fingerprint density at radius 1 is 1.25 bits per heavy atom. The van der Waals surface area contributed by atoms with Crippen molar-refractivity contribution in [2.24, 2.45) is 0 Å². The Hall–Kier alpha value is -0.0800. The standard InChI is InChI=1S/C10H22N2/c1-8(2)12-6-5-9(3)11-10(4)7-12/h8-11H,5-7H2,1-4H3/t9?,10-/m1/s1. The van der Waals surface area contributed by atoms with Gasteiger partial charge < -0.3 is 5.32 Å². The molecule has 0 aromatic heterocycles. The van der Waals surface area contributed by atoms with Gasteiger partial charge in [-0.3, -0.25) is 4.90 Å². The number of nitrogens with zero attached hydrogens (tertiary/aromatic N) is 1. The van der Waals surface area contributed by atoms with Crippen molar-refractivity contribution in [2.75, 3.05) is 13.1 Å². The average Bonchev–Trinajstić information content (AvgIpc) is 2.11. The summed E-state index contributed by atoms with van der Waals surface area (Å²) in [7, 11) is 0. The fourth-order valence-corrected chi connectivity index (χ4v) is 1.89. The number of hydrogen-bond donors (Lipinski definition) is 1. The second-order valence-electron chi connectivity index (χ2n) is 4.35. The molecule has 0 amide bonds. The Bertz CT molecular complexity index is 134. The van der Waals surface area contributed by atoms with E-state index in [1.165, 1.54) is 19.5 Å². The molecule has 0 aromatic rings. The Morgan fingerprint density at radius 3 is 2.50 bits per heavy atom. The van der Waals surface area contributed by atoms with Crippen molar-refractivity contribution in [3.63, 3.8) is 0 Å². The summed E-state index contributed by atoms with van der Waals surface area (Å²) in [5, 5.41) is 3.58. The highest BCUT2D eigenvalue weighted by atomic mass is 15.2. The van der Waals surface area contributed by atoms with E-state index in [9.17, 15) is 0 Å². The minimum absolute atomic E-state index is 0.643. The van der Waals surface area contributed by atoms with Gasteiger partial charge in [-0.25, -0.2) is 0 Å². The zero-order valence-corrected chi connectivity index (χ0v) is 8.80. The molecule has 1 N–H and O–H groups in total. The summed E-state index contributed by atoms with van der Waals surface area (Å²) in [6.07, 6.45) is 1.28. The summed E-state index contributed by atoms with van der Waals surface area (Å²) in [5.41, 5.74) is 0. The lowest BCUT2D eigenvalue weighted by molar-refractivity contribution is 0.221. The second-order valence-corrected chi connectivity index (χ2v) is 4.35. The lowest BCUT2D eigenvalue weighted by Crippen LogP contribution is -2.40. The van der Waals surface area contributed by atoms with E-state index in [2.05, 4.69) is 37.9 Å². The minimum atomic E-state index is 0.643. The van der Waals surface area contributed by atoms with Crippen LogP contribution in [0.25, 0.3) is 0 Å². The van der Waals surface area contributed by atoms with Gasteiger partial charge in [0.2, 0.25) is 0 Å². The van der Waals surface area contributed by atoms with Gasteiger partial charge in [-0.2, -0.15) is 0 Å². The van der Waals surface area contributed by atoms with Crippen molar-refractivity contribution < 1.29 is 0 Å². The highest BCUT2D eigenvalue weighted by molar-refractivity contribution is 4.79. The molecule has 12 heavy (non-hydrogen) atoms. The number of rotatable bonds is 1. The van der Waals surface area contributed by atoms with Crippen molar-refractivity contribution >= 4 is 0 Å². The molecule has 0 aromatic carbocycles. The molecule has 2 atom stereocenters. The maximum atomic E-state index is 3.58. The fourth-order valence-electron chi connectivity index (χ4n) is 1.89. The van der Waals surface area contributed by atoms with Gasteiger partial charge in [-0.1, -0.05) is 0 Å². The largest absolute Gasteiger partial charge is 0.310 e. The van der Waals surface area contributed by atoms with Gasteiger partial charge in [0.1, 0.15) is 0 Å². The summed E-state index contributed by atoms with van der Waals surface area (Å²) in [6, 6.07) is 2.02. The molecule has 2 heteroatoms. The van der Waals surface area contributed by atoms with E-state index in [-0.39, 0.29) is 0 Å². The van der Waals surface area contributed by atoms with Crippen LogP contribution in [0.2, 0.25) is 0 Å². The van der Waals surface area contributed by atoms with Crippen LogP contribution in [0.1, 0.15) is 34.1 Å². The highest BCUT2D eigenvalue weighted by Gasteiger charge is 2.19. The van der Waals surface area contributed by atoms with E-state index >= 15 is 0 Å². The van der Waals surface area contributed by atoms with Gasteiger partial charge in [0.05, 0.1) is 0 Å². The van der Waals surface area contributed by atoms with Gasteiger partial charge in [0.15, 0.2) is 0 Å². The molecule has 0 aliphatic carbocycles. The second kappa shape index (κ2) is 4.24. The third-order valence-electron chi connectivity index (χ3n) is 2.66. The van der Waals surface area contributed by atoms with E-state index in [0.29, 0.717) is 18.1 Å². The first-order chi connectivity index (χ1) is 5.59. The van der Waals surface area contributed by atoms with Gasteiger partial charge in [-0.05, 0) is 40.7 Å². The summed E-state index contributed by atoms with van der Waals surface area (Å²) in [6.45, 7) is 11.6. The van der Waals surface area contributed by atoms with Crippen LogP contribution < -0.4 is 5.32 Å². The van der Waals surface area contributed by atoms with Gasteiger partial charge in [-0.15, -0.1) is 0 Å². The normalized spacial score (nSPS) is 33.8. The summed E-state index contributed by atoms with van der Waals surface area (Å²) < 4.78 is 0. The number of nitrogens with one attached hydrogen (secondary N) is 1. The van der Waals surface area contributed by atoms with E-state index in [4.69, 9.17) is 0 Å². The molecule has 72 valence electrons. The molecule has 0 bridgehead atoms. The third-order valence-corrected chi connectivity index (χ3v) is 2.66. The predicted octanol–water partition coefficient (Wildman–Crippen LogP) is 1.47. The molecule has 0 saturated carbocycles. The molecule has 0 radical (unpaired) electrons. The maximum Gasteiger partial charge on any atom is 0.0169 e. The smallest absolute Gasteiger partial charge is 0.0169 e. The molecular weight excluding hydrogens is 148 g/mol. The number of hydrogen-bond acceptors (Lipinski definition) is 2. The molecule has 1 aliphatic rings. The van der Waals surface area contributed by atoms with Crippen molar-refractivity contribution in [3.05, 3.63) is 0 Å². The fraction of sp³-hybridized carbons (Fsp3) is 1.00. The van der Waals surface area contributed by atoms with E-state index in [1.54, 1.807) is 0 Å². The van der Waals surface area contributed by atoms with E-state index in [0.717, 1.165) is 0 Å². The molecule has 1 unspecified atom stereocenters. The van der Waals surface area contributed by atoms with Crippen LogP contribution in [0.4, 0.5) is 0 Å². The van der Waals surface area contributed by atoms with Crippen LogP contribution in [0, 0.1) is 0 Å². The highest BCUT2D eigenvalue weighted by Crippen LogP contribution is 2.08.